The van der Waals surface area contributed by atoms with Crippen LogP contribution in [0.4, 0.5) is 0 Å². The molecule has 7 nitrogen and oxygen atoms in total. The Labute approximate surface area is 139 Å². The van der Waals surface area contributed by atoms with E-state index in [1.165, 1.54) is 23.7 Å². The summed E-state index contributed by atoms with van der Waals surface area (Å²) in [6.45, 7) is 2.11. The van der Waals surface area contributed by atoms with Gasteiger partial charge in [-0.3, -0.25) is 4.79 Å². The summed E-state index contributed by atoms with van der Waals surface area (Å²) in [5.74, 6) is -0.103. The quantitative estimate of drug-likeness (QED) is 0.808. The summed E-state index contributed by atoms with van der Waals surface area (Å²) in [6, 6.07) is 10.1. The fourth-order valence-electron chi connectivity index (χ4n) is 2.23. The monoisotopic (exact) mass is 332 g/mol. The van der Waals surface area contributed by atoms with Gasteiger partial charge in [0.05, 0.1) is 13.7 Å². The number of hydrogen-bond acceptors (Lipinski definition) is 4. The van der Waals surface area contributed by atoms with Crippen molar-refractivity contribution in [3.8, 4) is 11.5 Å². The molecule has 0 aliphatic heterocycles. The van der Waals surface area contributed by atoms with Gasteiger partial charge in [-0.05, 0) is 31.2 Å². The molecule has 0 bridgehead atoms. The van der Waals surface area contributed by atoms with Crippen LogP contribution in [0, 0.1) is 0 Å². The molecule has 1 heterocycles. The number of rotatable bonds is 7. The average molecular weight is 332 g/mol. The Morgan fingerprint density at radius 3 is 2.50 bits per heavy atom. The molecule has 0 aliphatic rings. The van der Waals surface area contributed by atoms with Crippen LogP contribution in [0.2, 0.25) is 0 Å². The van der Waals surface area contributed by atoms with Crippen molar-refractivity contribution in [1.29, 1.82) is 0 Å². The Hall–Kier alpha value is -2.96. The van der Waals surface area contributed by atoms with Gasteiger partial charge in [0.1, 0.15) is 29.0 Å². The second-order valence-electron chi connectivity index (χ2n) is 5.29. The number of methoxy groups -OCH3 is 1. The fraction of sp³-hybridized carbons (Fsp3) is 0.294. The van der Waals surface area contributed by atoms with Gasteiger partial charge < -0.3 is 24.5 Å². The SMILES string of the molecule is COc1cccc(OC(C)CNC(=O)c2ccc(C(=O)O)n2C)c1. The Morgan fingerprint density at radius 2 is 1.88 bits per heavy atom. The van der Waals surface area contributed by atoms with Gasteiger partial charge in [-0.15, -0.1) is 0 Å². The van der Waals surface area contributed by atoms with Gasteiger partial charge >= 0.3 is 5.97 Å². The highest BCUT2D eigenvalue weighted by atomic mass is 16.5. The average Bonchev–Trinajstić information content (AvgIpc) is 2.94. The lowest BCUT2D eigenvalue weighted by atomic mass is 10.3. The molecule has 0 fully saturated rings. The number of carbonyl (C=O) groups excluding carboxylic acids is 1. The van der Waals surface area contributed by atoms with Gasteiger partial charge in [-0.25, -0.2) is 4.79 Å². The van der Waals surface area contributed by atoms with E-state index in [0.29, 0.717) is 11.5 Å². The molecule has 0 radical (unpaired) electrons. The first-order chi connectivity index (χ1) is 11.4. The normalized spacial score (nSPS) is 11.6. The Bertz CT molecular complexity index is 738. The highest BCUT2D eigenvalue weighted by Gasteiger charge is 2.17. The fourth-order valence-corrected chi connectivity index (χ4v) is 2.23. The molecule has 128 valence electrons. The molecule has 1 aromatic carbocycles. The summed E-state index contributed by atoms with van der Waals surface area (Å²) >= 11 is 0. The maximum atomic E-state index is 12.2. The van der Waals surface area contributed by atoms with Crippen LogP contribution in [0.1, 0.15) is 27.9 Å². The lowest BCUT2D eigenvalue weighted by molar-refractivity contribution is 0.0686. The molecule has 0 saturated heterocycles. The Morgan fingerprint density at radius 1 is 1.21 bits per heavy atom. The smallest absolute Gasteiger partial charge is 0.352 e. The van der Waals surface area contributed by atoms with Crippen LogP contribution in [0.15, 0.2) is 36.4 Å². The topological polar surface area (TPSA) is 89.8 Å². The number of carbonyl (C=O) groups is 2. The van der Waals surface area contributed by atoms with Crippen molar-refractivity contribution >= 4 is 11.9 Å². The third kappa shape index (κ3) is 4.07. The summed E-state index contributed by atoms with van der Waals surface area (Å²) < 4.78 is 12.2. The number of carboxylic acids is 1. The van der Waals surface area contributed by atoms with Crippen molar-refractivity contribution < 1.29 is 24.2 Å². The van der Waals surface area contributed by atoms with Crippen LogP contribution in [0.5, 0.6) is 11.5 Å². The maximum Gasteiger partial charge on any atom is 0.352 e. The third-order valence-corrected chi connectivity index (χ3v) is 3.50. The lowest BCUT2D eigenvalue weighted by Crippen LogP contribution is -2.34. The van der Waals surface area contributed by atoms with Crippen molar-refractivity contribution in [3.63, 3.8) is 0 Å². The number of ether oxygens (including phenoxy) is 2. The van der Waals surface area contributed by atoms with Crippen molar-refractivity contribution in [2.45, 2.75) is 13.0 Å². The first kappa shape index (κ1) is 17.4. The van der Waals surface area contributed by atoms with Gasteiger partial charge in [0.2, 0.25) is 0 Å². The minimum atomic E-state index is -1.08. The summed E-state index contributed by atoms with van der Waals surface area (Å²) in [5.41, 5.74) is 0.335. The molecule has 1 amide bonds. The molecule has 7 heteroatoms. The van der Waals surface area contributed by atoms with Crippen LogP contribution < -0.4 is 14.8 Å². The van der Waals surface area contributed by atoms with Crippen molar-refractivity contribution in [1.82, 2.24) is 9.88 Å². The molecular formula is C17H20N2O5. The van der Waals surface area contributed by atoms with Crippen molar-refractivity contribution in [2.75, 3.05) is 13.7 Å². The van der Waals surface area contributed by atoms with Crippen molar-refractivity contribution in [2.24, 2.45) is 7.05 Å². The largest absolute Gasteiger partial charge is 0.497 e. The highest BCUT2D eigenvalue weighted by molar-refractivity contribution is 5.95. The van der Waals surface area contributed by atoms with Crippen LogP contribution in [0.25, 0.3) is 0 Å². The van der Waals surface area contributed by atoms with E-state index in [9.17, 15) is 9.59 Å². The van der Waals surface area contributed by atoms with Gasteiger partial charge in [0.15, 0.2) is 0 Å². The van der Waals surface area contributed by atoms with Crippen LogP contribution in [-0.4, -0.2) is 41.3 Å². The molecule has 2 aromatic rings. The Kier molecular flexibility index (Phi) is 5.47. The number of nitrogens with zero attached hydrogens (tertiary/aromatic N) is 1. The van der Waals surface area contributed by atoms with Gasteiger partial charge in [0, 0.05) is 13.1 Å². The summed E-state index contributed by atoms with van der Waals surface area (Å²) in [5, 5.41) is 11.7. The van der Waals surface area contributed by atoms with Crippen LogP contribution >= 0.6 is 0 Å². The molecular weight excluding hydrogens is 312 g/mol. The first-order valence-corrected chi connectivity index (χ1v) is 7.40. The predicted molar refractivity (Wildman–Crippen MR) is 87.8 cm³/mol. The van der Waals surface area contributed by atoms with E-state index in [1.54, 1.807) is 19.2 Å². The standard InChI is InChI=1S/C17H20N2O5/c1-11(24-13-6-4-5-12(9-13)23-3)10-18-16(20)14-7-8-15(17(21)22)19(14)2/h4-9,11H,10H2,1-3H3,(H,18,20)(H,21,22). The highest BCUT2D eigenvalue weighted by Crippen LogP contribution is 2.19. The third-order valence-electron chi connectivity index (χ3n) is 3.50. The van der Waals surface area contributed by atoms with Crippen LogP contribution in [0.3, 0.4) is 0 Å². The number of aromatic carboxylic acids is 1. The second-order valence-corrected chi connectivity index (χ2v) is 5.29. The minimum Gasteiger partial charge on any atom is -0.497 e. The van der Waals surface area contributed by atoms with Crippen molar-refractivity contribution in [3.05, 3.63) is 47.8 Å². The summed E-state index contributed by atoms with van der Waals surface area (Å²) in [7, 11) is 3.11. The van der Waals surface area contributed by atoms with Crippen LogP contribution in [-0.2, 0) is 7.05 Å². The van der Waals surface area contributed by atoms with E-state index < -0.39 is 5.97 Å². The molecule has 24 heavy (non-hydrogen) atoms. The lowest BCUT2D eigenvalue weighted by Gasteiger charge is -2.16. The number of aromatic nitrogens is 1. The Balaban J connectivity index is 1.92. The van der Waals surface area contributed by atoms with Gasteiger partial charge in [0.25, 0.3) is 5.91 Å². The van der Waals surface area contributed by atoms with E-state index in [-0.39, 0.29) is 29.9 Å². The minimum absolute atomic E-state index is 0.0563. The van der Waals surface area contributed by atoms with E-state index >= 15 is 0 Å². The number of nitrogens with one attached hydrogen (secondary N) is 1. The number of carboxylic acid groups (broad SMARTS) is 1. The van der Waals surface area contributed by atoms with E-state index in [0.717, 1.165) is 0 Å². The van der Waals surface area contributed by atoms with E-state index in [2.05, 4.69) is 5.32 Å². The zero-order valence-corrected chi connectivity index (χ0v) is 13.8. The zero-order chi connectivity index (χ0) is 17.7. The van der Waals surface area contributed by atoms with E-state index in [1.807, 2.05) is 19.1 Å². The van der Waals surface area contributed by atoms with E-state index in [4.69, 9.17) is 14.6 Å². The number of hydrogen-bond donors (Lipinski definition) is 2. The summed E-state index contributed by atoms with van der Waals surface area (Å²) in [6.07, 6.45) is -0.264. The zero-order valence-electron chi connectivity index (χ0n) is 13.8. The molecule has 0 saturated carbocycles. The molecule has 1 atom stereocenters. The molecule has 1 unspecified atom stereocenters. The molecule has 2 rings (SSSR count). The molecule has 1 aromatic heterocycles. The first-order valence-electron chi connectivity index (χ1n) is 7.40. The number of amides is 1. The molecule has 0 spiro atoms. The molecule has 0 aliphatic carbocycles. The van der Waals surface area contributed by atoms with Gasteiger partial charge in [-0.1, -0.05) is 6.07 Å². The number of benzene rings is 1. The maximum absolute atomic E-state index is 12.2. The molecule has 2 N–H and O–H groups in total. The second kappa shape index (κ2) is 7.54. The summed E-state index contributed by atoms with van der Waals surface area (Å²) in [4.78, 5) is 23.2. The predicted octanol–water partition coefficient (Wildman–Crippen LogP) is 1.93. The van der Waals surface area contributed by atoms with Gasteiger partial charge in [-0.2, -0.15) is 0 Å².